The molecule has 0 bridgehead atoms. The molecule has 0 radical (unpaired) electrons. The minimum absolute atomic E-state index is 0.199. The number of nitrogens with one attached hydrogen (secondary N) is 1. The van der Waals surface area contributed by atoms with Crippen molar-refractivity contribution in [1.29, 1.82) is 0 Å². The van der Waals surface area contributed by atoms with Gasteiger partial charge in [-0.15, -0.1) is 0 Å². The van der Waals surface area contributed by atoms with Crippen molar-refractivity contribution in [1.82, 2.24) is 9.71 Å². The highest BCUT2D eigenvalue weighted by atomic mass is 32.2. The standard InChI is InChI=1S/C20H16N2O4S/c23-20(22-27(24,25)14-12-16-5-2-1-3-6-16)17-8-10-18(11-9-17)26-19-7-4-13-21-15-19/h1-15H,(H,22,23). The van der Waals surface area contributed by atoms with E-state index in [1.807, 2.05) is 10.8 Å². The lowest BCUT2D eigenvalue weighted by atomic mass is 10.2. The summed E-state index contributed by atoms with van der Waals surface area (Å²) in [6.07, 6.45) is 4.61. The van der Waals surface area contributed by atoms with E-state index in [0.29, 0.717) is 17.1 Å². The summed E-state index contributed by atoms with van der Waals surface area (Å²) in [5.74, 6) is 0.343. The molecule has 3 aromatic rings. The van der Waals surface area contributed by atoms with Gasteiger partial charge in [0.15, 0.2) is 0 Å². The largest absolute Gasteiger partial charge is 0.456 e. The smallest absolute Gasteiger partial charge is 0.264 e. The molecule has 0 spiro atoms. The maximum absolute atomic E-state index is 12.2. The summed E-state index contributed by atoms with van der Waals surface area (Å²) in [7, 11) is -3.91. The molecular weight excluding hydrogens is 364 g/mol. The van der Waals surface area contributed by atoms with Gasteiger partial charge < -0.3 is 4.74 Å². The van der Waals surface area contributed by atoms with Gasteiger partial charge >= 0.3 is 0 Å². The summed E-state index contributed by atoms with van der Waals surface area (Å²) < 4.78 is 31.7. The van der Waals surface area contributed by atoms with Crippen LogP contribution >= 0.6 is 0 Å². The Morgan fingerprint density at radius 2 is 1.67 bits per heavy atom. The third kappa shape index (κ3) is 5.52. The summed E-state index contributed by atoms with van der Waals surface area (Å²) in [5.41, 5.74) is 0.914. The number of aromatic nitrogens is 1. The number of ether oxygens (including phenoxy) is 1. The van der Waals surface area contributed by atoms with E-state index in [-0.39, 0.29) is 5.56 Å². The number of amides is 1. The molecule has 0 saturated carbocycles. The van der Waals surface area contributed by atoms with Gasteiger partial charge in [0.25, 0.3) is 15.9 Å². The lowest BCUT2D eigenvalue weighted by molar-refractivity contribution is 0.0982. The normalized spacial score (nSPS) is 11.3. The Hall–Kier alpha value is -3.45. The average Bonchev–Trinajstić information content (AvgIpc) is 2.68. The molecule has 0 aliphatic carbocycles. The first-order chi connectivity index (χ1) is 13.0. The van der Waals surface area contributed by atoms with E-state index in [4.69, 9.17) is 4.74 Å². The van der Waals surface area contributed by atoms with Gasteiger partial charge in [0, 0.05) is 11.8 Å². The van der Waals surface area contributed by atoms with Gasteiger partial charge in [-0.2, -0.15) is 0 Å². The van der Waals surface area contributed by atoms with Crippen molar-refractivity contribution in [3.8, 4) is 11.5 Å². The molecule has 0 aliphatic heterocycles. The predicted molar refractivity (Wildman–Crippen MR) is 103 cm³/mol. The second kappa shape index (κ2) is 8.29. The van der Waals surface area contributed by atoms with E-state index in [9.17, 15) is 13.2 Å². The van der Waals surface area contributed by atoms with Crippen LogP contribution in [0.25, 0.3) is 6.08 Å². The first-order valence-corrected chi connectivity index (χ1v) is 9.55. The van der Waals surface area contributed by atoms with Crippen molar-refractivity contribution in [3.05, 3.63) is 95.7 Å². The molecule has 0 fully saturated rings. The number of benzene rings is 2. The summed E-state index contributed by atoms with van der Waals surface area (Å²) in [5, 5.41) is 0.958. The number of pyridine rings is 1. The van der Waals surface area contributed by atoms with Crippen LogP contribution in [0.5, 0.6) is 11.5 Å². The van der Waals surface area contributed by atoms with Crippen molar-refractivity contribution < 1.29 is 17.9 Å². The minimum atomic E-state index is -3.91. The van der Waals surface area contributed by atoms with E-state index in [1.165, 1.54) is 18.2 Å². The fraction of sp³-hybridized carbons (Fsp3) is 0. The van der Waals surface area contributed by atoms with E-state index in [1.54, 1.807) is 60.9 Å². The zero-order valence-corrected chi connectivity index (χ0v) is 15.0. The topological polar surface area (TPSA) is 85.4 Å². The number of rotatable bonds is 6. The Bertz CT molecular complexity index is 1030. The quantitative estimate of drug-likeness (QED) is 0.706. The van der Waals surface area contributed by atoms with E-state index < -0.39 is 15.9 Å². The lowest BCUT2D eigenvalue weighted by Gasteiger charge is -2.06. The number of sulfonamides is 1. The number of carbonyl (C=O) groups excluding carboxylic acids is 1. The van der Waals surface area contributed by atoms with Crippen LogP contribution in [0.4, 0.5) is 0 Å². The molecule has 0 aliphatic rings. The van der Waals surface area contributed by atoms with Gasteiger partial charge in [0.05, 0.1) is 11.6 Å². The van der Waals surface area contributed by atoms with Crippen molar-refractivity contribution in [2.45, 2.75) is 0 Å². The van der Waals surface area contributed by atoms with Crippen LogP contribution in [0, 0.1) is 0 Å². The van der Waals surface area contributed by atoms with Crippen LogP contribution in [-0.2, 0) is 10.0 Å². The highest BCUT2D eigenvalue weighted by Gasteiger charge is 2.13. The predicted octanol–water partition coefficient (Wildman–Crippen LogP) is 3.60. The molecule has 6 nitrogen and oxygen atoms in total. The van der Waals surface area contributed by atoms with Crippen LogP contribution in [-0.4, -0.2) is 19.3 Å². The molecule has 1 aromatic heterocycles. The third-order valence-electron chi connectivity index (χ3n) is 3.46. The van der Waals surface area contributed by atoms with Gasteiger partial charge in [-0.3, -0.25) is 9.78 Å². The second-order valence-corrected chi connectivity index (χ2v) is 7.07. The zero-order chi connectivity index (χ0) is 19.1. The molecule has 1 heterocycles. The molecular formula is C20H16N2O4S. The van der Waals surface area contributed by atoms with Crippen molar-refractivity contribution in [3.63, 3.8) is 0 Å². The maximum Gasteiger partial charge on any atom is 0.264 e. The van der Waals surface area contributed by atoms with E-state index in [0.717, 1.165) is 5.41 Å². The molecule has 2 aromatic carbocycles. The minimum Gasteiger partial charge on any atom is -0.456 e. The molecule has 0 saturated heterocycles. The Labute approximate surface area is 157 Å². The Morgan fingerprint density at radius 3 is 2.33 bits per heavy atom. The van der Waals surface area contributed by atoms with Gasteiger partial charge in [-0.25, -0.2) is 13.1 Å². The molecule has 0 atom stereocenters. The van der Waals surface area contributed by atoms with Gasteiger partial charge in [-0.1, -0.05) is 30.3 Å². The van der Waals surface area contributed by atoms with Crippen LogP contribution in [0.3, 0.4) is 0 Å². The molecule has 1 N–H and O–H groups in total. The van der Waals surface area contributed by atoms with Crippen molar-refractivity contribution >= 4 is 22.0 Å². The number of nitrogens with zero attached hydrogens (tertiary/aromatic N) is 1. The van der Waals surface area contributed by atoms with Crippen LogP contribution < -0.4 is 9.46 Å². The summed E-state index contributed by atoms with van der Waals surface area (Å²) >= 11 is 0. The molecule has 27 heavy (non-hydrogen) atoms. The first kappa shape index (κ1) is 18.3. The van der Waals surface area contributed by atoms with Gasteiger partial charge in [0.2, 0.25) is 0 Å². The van der Waals surface area contributed by atoms with Crippen LogP contribution in [0.1, 0.15) is 15.9 Å². The van der Waals surface area contributed by atoms with E-state index in [2.05, 4.69) is 4.98 Å². The van der Waals surface area contributed by atoms with Crippen LogP contribution in [0.15, 0.2) is 84.5 Å². The molecule has 1 amide bonds. The van der Waals surface area contributed by atoms with Crippen LogP contribution in [0.2, 0.25) is 0 Å². The highest BCUT2D eigenvalue weighted by Crippen LogP contribution is 2.20. The SMILES string of the molecule is O=C(NS(=O)(=O)C=Cc1ccccc1)c1ccc(Oc2cccnc2)cc1. The summed E-state index contributed by atoms with van der Waals surface area (Å²) in [6.45, 7) is 0. The highest BCUT2D eigenvalue weighted by molar-refractivity contribution is 7.93. The summed E-state index contributed by atoms with van der Waals surface area (Å²) in [4.78, 5) is 16.1. The zero-order valence-electron chi connectivity index (χ0n) is 14.1. The first-order valence-electron chi connectivity index (χ1n) is 8.00. The monoisotopic (exact) mass is 380 g/mol. The van der Waals surface area contributed by atoms with Crippen molar-refractivity contribution in [2.75, 3.05) is 0 Å². The van der Waals surface area contributed by atoms with Gasteiger partial charge in [-0.05, 0) is 48.0 Å². The number of carbonyl (C=O) groups is 1. The van der Waals surface area contributed by atoms with Gasteiger partial charge in [0.1, 0.15) is 11.5 Å². The third-order valence-corrected chi connectivity index (χ3v) is 4.43. The molecule has 136 valence electrons. The number of hydrogen-bond donors (Lipinski definition) is 1. The fourth-order valence-corrected chi connectivity index (χ4v) is 2.95. The Kier molecular flexibility index (Phi) is 5.63. The lowest BCUT2D eigenvalue weighted by Crippen LogP contribution is -2.28. The Balaban J connectivity index is 1.64. The van der Waals surface area contributed by atoms with Crippen molar-refractivity contribution in [2.24, 2.45) is 0 Å². The molecule has 7 heteroatoms. The fourth-order valence-electron chi connectivity index (χ4n) is 2.17. The molecule has 3 rings (SSSR count). The summed E-state index contributed by atoms with van der Waals surface area (Å²) in [6, 6.07) is 18.5. The maximum atomic E-state index is 12.2. The number of hydrogen-bond acceptors (Lipinski definition) is 5. The second-order valence-electron chi connectivity index (χ2n) is 5.50. The average molecular weight is 380 g/mol. The van der Waals surface area contributed by atoms with E-state index >= 15 is 0 Å². The Morgan fingerprint density at radius 1 is 0.926 bits per heavy atom. The molecule has 0 unspecified atom stereocenters.